The Kier molecular flexibility index (Phi) is 14.6. The van der Waals surface area contributed by atoms with Crippen LogP contribution in [0.2, 0.25) is 0 Å². The number of aliphatic hydroxyl groups is 1. The van der Waals surface area contributed by atoms with E-state index in [4.69, 9.17) is 4.74 Å². The highest BCUT2D eigenvalue weighted by atomic mass is 16.5. The van der Waals surface area contributed by atoms with Gasteiger partial charge in [0, 0.05) is 13.2 Å². The van der Waals surface area contributed by atoms with Crippen LogP contribution in [0, 0.1) is 16.7 Å². The van der Waals surface area contributed by atoms with Crippen LogP contribution in [-0.2, 0) is 9.53 Å². The molecule has 0 aliphatic carbocycles. The molecule has 0 radical (unpaired) electrons. The van der Waals surface area contributed by atoms with E-state index < -0.39 is 6.10 Å². The second-order valence-corrected chi connectivity index (χ2v) is 10.2. The van der Waals surface area contributed by atoms with E-state index in [2.05, 4.69) is 53.4 Å². The Bertz CT molecular complexity index is 440. The molecule has 0 saturated heterocycles. The molecule has 0 spiro atoms. The SMILES string of the molecule is C=CC(=O)NCC(O)COCCCC(C)(C)C(CCCCCCCC)C(C)(C)C. The van der Waals surface area contributed by atoms with Crippen LogP contribution in [0.1, 0.15) is 99.3 Å². The average molecular weight is 412 g/mol. The van der Waals surface area contributed by atoms with Crippen LogP contribution in [0.15, 0.2) is 12.7 Å². The van der Waals surface area contributed by atoms with Gasteiger partial charge >= 0.3 is 0 Å². The van der Waals surface area contributed by atoms with Gasteiger partial charge in [0.05, 0.1) is 12.7 Å². The van der Waals surface area contributed by atoms with Crippen molar-refractivity contribution in [3.05, 3.63) is 12.7 Å². The summed E-state index contributed by atoms with van der Waals surface area (Å²) in [6.07, 6.45) is 12.0. The molecule has 4 nitrogen and oxygen atoms in total. The van der Waals surface area contributed by atoms with E-state index in [1.807, 2.05) is 0 Å². The number of unbranched alkanes of at least 4 members (excludes halogenated alkanes) is 5. The first-order chi connectivity index (χ1) is 13.5. The Morgan fingerprint density at radius 2 is 1.69 bits per heavy atom. The summed E-state index contributed by atoms with van der Waals surface area (Å²) in [5.41, 5.74) is 0.564. The van der Waals surface area contributed by atoms with Gasteiger partial charge in [-0.1, -0.05) is 86.6 Å². The molecule has 172 valence electrons. The highest BCUT2D eigenvalue weighted by Crippen LogP contribution is 2.46. The summed E-state index contributed by atoms with van der Waals surface area (Å²) >= 11 is 0. The van der Waals surface area contributed by atoms with Crippen molar-refractivity contribution in [2.24, 2.45) is 16.7 Å². The largest absolute Gasteiger partial charge is 0.389 e. The number of carbonyl (C=O) groups excluding carboxylic acids is 1. The molecule has 2 atom stereocenters. The Labute approximate surface area is 180 Å². The van der Waals surface area contributed by atoms with Crippen molar-refractivity contribution in [1.82, 2.24) is 5.32 Å². The fraction of sp³-hybridized carbons (Fsp3) is 0.880. The van der Waals surface area contributed by atoms with Crippen LogP contribution in [0.3, 0.4) is 0 Å². The molecule has 0 fully saturated rings. The molecule has 29 heavy (non-hydrogen) atoms. The van der Waals surface area contributed by atoms with Crippen molar-refractivity contribution >= 4 is 5.91 Å². The van der Waals surface area contributed by atoms with E-state index >= 15 is 0 Å². The van der Waals surface area contributed by atoms with Crippen LogP contribution >= 0.6 is 0 Å². The molecule has 2 unspecified atom stereocenters. The molecule has 0 aromatic rings. The molecular weight excluding hydrogens is 362 g/mol. The highest BCUT2D eigenvalue weighted by molar-refractivity contribution is 5.86. The molecule has 0 heterocycles. The number of ether oxygens (including phenoxy) is 1. The first-order valence-electron chi connectivity index (χ1n) is 11.7. The molecular formula is C25H49NO3. The summed E-state index contributed by atoms with van der Waals surface area (Å²) in [5, 5.41) is 12.4. The standard InChI is InChI=1S/C25H49NO3/c1-8-10-11-12-13-14-16-22(24(3,4)5)25(6,7)17-15-18-29-20-21(27)19-26-23(28)9-2/h9,21-22,27H,2,8,10-20H2,1,3-7H3,(H,26,28). The monoisotopic (exact) mass is 411 g/mol. The topological polar surface area (TPSA) is 58.6 Å². The van der Waals surface area contributed by atoms with Crippen LogP contribution in [-0.4, -0.2) is 36.9 Å². The zero-order chi connectivity index (χ0) is 22.3. The number of aliphatic hydroxyl groups excluding tert-OH is 1. The average Bonchev–Trinajstić information content (AvgIpc) is 2.63. The van der Waals surface area contributed by atoms with Gasteiger partial charge in [0.15, 0.2) is 0 Å². The van der Waals surface area contributed by atoms with Gasteiger partial charge < -0.3 is 15.2 Å². The predicted molar refractivity (Wildman–Crippen MR) is 124 cm³/mol. The first-order valence-corrected chi connectivity index (χ1v) is 11.7. The van der Waals surface area contributed by atoms with E-state index in [1.165, 1.54) is 51.0 Å². The van der Waals surface area contributed by atoms with Gasteiger partial charge in [-0.3, -0.25) is 4.79 Å². The third-order valence-electron chi connectivity index (χ3n) is 5.95. The molecule has 0 bridgehead atoms. The molecule has 0 aliphatic rings. The predicted octanol–water partition coefficient (Wildman–Crippen LogP) is 5.89. The Morgan fingerprint density at radius 1 is 1.07 bits per heavy atom. The summed E-state index contributed by atoms with van der Waals surface area (Å²) in [6.45, 7) is 18.7. The van der Waals surface area contributed by atoms with Crippen molar-refractivity contribution in [1.29, 1.82) is 0 Å². The number of amides is 1. The lowest BCUT2D eigenvalue weighted by atomic mass is 9.62. The van der Waals surface area contributed by atoms with Gasteiger partial charge in [0.25, 0.3) is 0 Å². The van der Waals surface area contributed by atoms with Crippen molar-refractivity contribution in [2.45, 2.75) is 105 Å². The van der Waals surface area contributed by atoms with Gasteiger partial charge in [-0.25, -0.2) is 0 Å². The molecule has 0 aromatic heterocycles. The minimum Gasteiger partial charge on any atom is -0.389 e. The second kappa shape index (κ2) is 15.0. The normalized spacial score (nSPS) is 14.4. The fourth-order valence-corrected chi connectivity index (χ4v) is 4.50. The molecule has 0 aromatic carbocycles. The molecule has 0 rings (SSSR count). The van der Waals surface area contributed by atoms with Gasteiger partial charge in [-0.2, -0.15) is 0 Å². The third-order valence-corrected chi connectivity index (χ3v) is 5.95. The Balaban J connectivity index is 4.25. The number of hydrogen-bond acceptors (Lipinski definition) is 3. The summed E-state index contributed by atoms with van der Waals surface area (Å²) in [6, 6.07) is 0. The van der Waals surface area contributed by atoms with Gasteiger partial charge in [0.2, 0.25) is 5.91 Å². The maximum Gasteiger partial charge on any atom is 0.243 e. The zero-order valence-corrected chi connectivity index (χ0v) is 20.2. The van der Waals surface area contributed by atoms with Crippen molar-refractivity contribution in [3.8, 4) is 0 Å². The third kappa shape index (κ3) is 13.9. The van der Waals surface area contributed by atoms with E-state index in [0.29, 0.717) is 17.9 Å². The van der Waals surface area contributed by atoms with E-state index in [9.17, 15) is 9.90 Å². The first kappa shape index (κ1) is 28.1. The maximum atomic E-state index is 11.1. The van der Waals surface area contributed by atoms with Crippen molar-refractivity contribution in [2.75, 3.05) is 19.8 Å². The zero-order valence-electron chi connectivity index (χ0n) is 20.2. The van der Waals surface area contributed by atoms with Crippen LogP contribution < -0.4 is 5.32 Å². The lowest BCUT2D eigenvalue weighted by Gasteiger charge is -2.43. The molecule has 4 heteroatoms. The van der Waals surface area contributed by atoms with E-state index in [1.54, 1.807) is 0 Å². The Morgan fingerprint density at radius 3 is 2.28 bits per heavy atom. The number of rotatable bonds is 17. The van der Waals surface area contributed by atoms with Crippen molar-refractivity contribution in [3.63, 3.8) is 0 Å². The number of nitrogens with one attached hydrogen (secondary N) is 1. The van der Waals surface area contributed by atoms with Gasteiger partial charge in [0.1, 0.15) is 0 Å². The molecule has 2 N–H and O–H groups in total. The summed E-state index contributed by atoms with van der Waals surface area (Å²) < 4.78 is 5.63. The maximum absolute atomic E-state index is 11.1. The summed E-state index contributed by atoms with van der Waals surface area (Å²) in [4.78, 5) is 11.1. The smallest absolute Gasteiger partial charge is 0.243 e. The minimum atomic E-state index is -0.679. The van der Waals surface area contributed by atoms with Gasteiger partial charge in [-0.05, 0) is 42.1 Å². The summed E-state index contributed by atoms with van der Waals surface area (Å²) in [5.74, 6) is 0.408. The van der Waals surface area contributed by atoms with Crippen LogP contribution in [0.4, 0.5) is 0 Å². The van der Waals surface area contributed by atoms with Crippen LogP contribution in [0.5, 0.6) is 0 Å². The molecule has 1 amide bonds. The molecule has 0 aliphatic heterocycles. The van der Waals surface area contributed by atoms with E-state index in [0.717, 1.165) is 12.8 Å². The summed E-state index contributed by atoms with van der Waals surface area (Å²) in [7, 11) is 0. The van der Waals surface area contributed by atoms with Crippen molar-refractivity contribution < 1.29 is 14.6 Å². The lowest BCUT2D eigenvalue weighted by molar-refractivity contribution is -0.117. The Hall–Kier alpha value is -0.870. The number of hydrogen-bond donors (Lipinski definition) is 2. The molecule has 0 saturated carbocycles. The highest BCUT2D eigenvalue weighted by Gasteiger charge is 2.36. The quantitative estimate of drug-likeness (QED) is 0.232. The lowest BCUT2D eigenvalue weighted by Crippen LogP contribution is -2.35. The van der Waals surface area contributed by atoms with Gasteiger partial charge in [-0.15, -0.1) is 0 Å². The second-order valence-electron chi connectivity index (χ2n) is 10.2. The number of carbonyl (C=O) groups is 1. The minimum absolute atomic E-state index is 0.195. The van der Waals surface area contributed by atoms with Crippen LogP contribution in [0.25, 0.3) is 0 Å². The fourth-order valence-electron chi connectivity index (χ4n) is 4.50. The van der Waals surface area contributed by atoms with E-state index in [-0.39, 0.29) is 24.5 Å².